The second kappa shape index (κ2) is 5.10. The van der Waals surface area contributed by atoms with Gasteiger partial charge in [0, 0.05) is 6.42 Å². The minimum absolute atomic E-state index is 0.224. The van der Waals surface area contributed by atoms with Crippen LogP contribution in [0.5, 0.6) is 0 Å². The maximum absolute atomic E-state index is 12.5. The molecule has 0 atom stereocenters. The summed E-state index contributed by atoms with van der Waals surface area (Å²) in [4.78, 5) is 3.22. The van der Waals surface area contributed by atoms with Crippen molar-refractivity contribution in [3.63, 3.8) is 0 Å². The van der Waals surface area contributed by atoms with Gasteiger partial charge in [0.05, 0.1) is 0 Å². The lowest BCUT2D eigenvalue weighted by molar-refractivity contribution is 0.628. The molecule has 0 amide bonds. The molecule has 0 aliphatic rings. The van der Waals surface area contributed by atoms with Crippen molar-refractivity contribution in [3.05, 3.63) is 53.1 Å². The van der Waals surface area contributed by atoms with Gasteiger partial charge in [0.15, 0.2) is 0 Å². The lowest BCUT2D eigenvalue weighted by Crippen LogP contribution is -1.75. The SMILES string of the molecule is [C-]#[N+]CC/C=C/c1ccc(F)cc1. The second-order valence-electron chi connectivity index (χ2n) is 2.62. The first-order chi connectivity index (χ1) is 6.33. The van der Waals surface area contributed by atoms with E-state index in [1.54, 1.807) is 12.1 Å². The highest BCUT2D eigenvalue weighted by molar-refractivity contribution is 5.48. The van der Waals surface area contributed by atoms with E-state index in [0.29, 0.717) is 6.54 Å². The predicted octanol–water partition coefficient (Wildman–Crippen LogP) is 3.15. The van der Waals surface area contributed by atoms with Gasteiger partial charge in [-0.15, -0.1) is 0 Å². The topological polar surface area (TPSA) is 4.36 Å². The first-order valence-corrected chi connectivity index (χ1v) is 4.08. The summed E-state index contributed by atoms with van der Waals surface area (Å²) in [6.45, 7) is 7.07. The zero-order chi connectivity index (χ0) is 9.52. The van der Waals surface area contributed by atoms with Gasteiger partial charge >= 0.3 is 0 Å². The normalized spacial score (nSPS) is 10.2. The molecule has 0 aromatic heterocycles. The molecule has 0 N–H and O–H groups in total. The zero-order valence-electron chi connectivity index (χ0n) is 7.20. The van der Waals surface area contributed by atoms with Crippen LogP contribution in [0.25, 0.3) is 10.9 Å². The molecule has 13 heavy (non-hydrogen) atoms. The molecule has 0 unspecified atom stereocenters. The molecule has 0 bridgehead atoms. The van der Waals surface area contributed by atoms with Crippen molar-refractivity contribution in [2.45, 2.75) is 6.42 Å². The molecule has 0 radical (unpaired) electrons. The summed E-state index contributed by atoms with van der Waals surface area (Å²) in [5.41, 5.74) is 0.964. The maximum atomic E-state index is 12.5. The summed E-state index contributed by atoms with van der Waals surface area (Å²) in [6.07, 6.45) is 4.57. The molecular weight excluding hydrogens is 165 g/mol. The Labute approximate surface area is 77.3 Å². The number of nitrogens with zero attached hydrogens (tertiary/aromatic N) is 1. The summed E-state index contributed by atoms with van der Waals surface area (Å²) in [7, 11) is 0. The molecule has 0 spiro atoms. The van der Waals surface area contributed by atoms with E-state index in [0.717, 1.165) is 12.0 Å². The molecule has 2 heteroatoms. The Morgan fingerprint density at radius 1 is 1.31 bits per heavy atom. The summed E-state index contributed by atoms with van der Waals surface area (Å²) in [5, 5.41) is 0. The van der Waals surface area contributed by atoms with Gasteiger partial charge in [-0.2, -0.15) is 0 Å². The van der Waals surface area contributed by atoms with Crippen LogP contribution in [0.1, 0.15) is 12.0 Å². The molecule has 1 aromatic carbocycles. The molecule has 0 heterocycles. The van der Waals surface area contributed by atoms with Crippen LogP contribution in [-0.4, -0.2) is 6.54 Å². The third-order valence-corrected chi connectivity index (χ3v) is 1.59. The van der Waals surface area contributed by atoms with Crippen molar-refractivity contribution in [2.24, 2.45) is 0 Å². The van der Waals surface area contributed by atoms with Crippen molar-refractivity contribution in [3.8, 4) is 0 Å². The van der Waals surface area contributed by atoms with Crippen LogP contribution >= 0.6 is 0 Å². The Kier molecular flexibility index (Phi) is 3.72. The Morgan fingerprint density at radius 3 is 2.62 bits per heavy atom. The van der Waals surface area contributed by atoms with Crippen LogP contribution in [0, 0.1) is 12.4 Å². The minimum Gasteiger partial charge on any atom is -0.317 e. The van der Waals surface area contributed by atoms with E-state index in [9.17, 15) is 4.39 Å². The van der Waals surface area contributed by atoms with E-state index in [-0.39, 0.29) is 5.82 Å². The number of benzene rings is 1. The monoisotopic (exact) mass is 175 g/mol. The highest BCUT2D eigenvalue weighted by Gasteiger charge is 1.88. The molecule has 1 nitrogen and oxygen atoms in total. The first kappa shape index (κ1) is 9.47. The first-order valence-electron chi connectivity index (χ1n) is 4.08. The minimum atomic E-state index is -0.224. The standard InChI is InChI=1S/C11H10FN/c1-13-9-3-2-4-10-5-7-11(12)8-6-10/h2,4-8H,3,9H2/b4-2+. The molecule has 0 aliphatic heterocycles. The van der Waals surface area contributed by atoms with Crippen LogP contribution in [0.15, 0.2) is 30.3 Å². The quantitative estimate of drug-likeness (QED) is 0.491. The van der Waals surface area contributed by atoms with Crippen molar-refractivity contribution >= 4 is 6.08 Å². The second-order valence-corrected chi connectivity index (χ2v) is 2.62. The van der Waals surface area contributed by atoms with Crippen LogP contribution in [0.4, 0.5) is 4.39 Å². The van der Waals surface area contributed by atoms with Gasteiger partial charge in [0.2, 0.25) is 6.54 Å². The fraction of sp³-hybridized carbons (Fsp3) is 0.182. The van der Waals surface area contributed by atoms with Crippen LogP contribution in [0.3, 0.4) is 0 Å². The molecule has 0 fully saturated rings. The molecule has 0 saturated heterocycles. The average molecular weight is 175 g/mol. The number of halogens is 1. The van der Waals surface area contributed by atoms with Gasteiger partial charge < -0.3 is 4.85 Å². The molecule has 1 rings (SSSR count). The number of hydrogen-bond donors (Lipinski definition) is 0. The smallest absolute Gasteiger partial charge is 0.218 e. The maximum Gasteiger partial charge on any atom is 0.218 e. The Bertz CT molecular complexity index is 319. The van der Waals surface area contributed by atoms with Gasteiger partial charge in [-0.05, 0) is 17.7 Å². The summed E-state index contributed by atoms with van der Waals surface area (Å²) < 4.78 is 12.5. The highest BCUT2D eigenvalue weighted by atomic mass is 19.1. The van der Waals surface area contributed by atoms with Gasteiger partial charge in [-0.25, -0.2) is 11.0 Å². The van der Waals surface area contributed by atoms with Gasteiger partial charge in [0.25, 0.3) is 0 Å². The predicted molar refractivity (Wildman–Crippen MR) is 51.5 cm³/mol. The van der Waals surface area contributed by atoms with Crippen molar-refractivity contribution in [2.75, 3.05) is 6.54 Å². The Balaban J connectivity index is 2.50. The molecule has 0 saturated carbocycles. The fourth-order valence-corrected chi connectivity index (χ4v) is 0.932. The third kappa shape index (κ3) is 3.53. The lowest BCUT2D eigenvalue weighted by atomic mass is 10.2. The van der Waals surface area contributed by atoms with E-state index in [1.807, 2.05) is 12.2 Å². The van der Waals surface area contributed by atoms with Crippen molar-refractivity contribution in [1.82, 2.24) is 0 Å². The van der Waals surface area contributed by atoms with Crippen LogP contribution in [0.2, 0.25) is 0 Å². The van der Waals surface area contributed by atoms with Crippen LogP contribution in [-0.2, 0) is 0 Å². The number of hydrogen-bond acceptors (Lipinski definition) is 0. The zero-order valence-corrected chi connectivity index (χ0v) is 7.20. The van der Waals surface area contributed by atoms with E-state index in [2.05, 4.69) is 4.85 Å². The summed E-state index contributed by atoms with van der Waals surface area (Å²) in [5.74, 6) is -0.224. The lowest BCUT2D eigenvalue weighted by Gasteiger charge is -1.91. The van der Waals surface area contributed by atoms with E-state index in [1.165, 1.54) is 12.1 Å². The van der Waals surface area contributed by atoms with E-state index in [4.69, 9.17) is 6.57 Å². The highest BCUT2D eigenvalue weighted by Crippen LogP contribution is 2.04. The third-order valence-electron chi connectivity index (χ3n) is 1.59. The van der Waals surface area contributed by atoms with E-state index < -0.39 is 0 Å². The molecule has 1 aromatic rings. The molecule has 66 valence electrons. The van der Waals surface area contributed by atoms with Gasteiger partial charge in [-0.1, -0.05) is 24.3 Å². The molecule has 0 aliphatic carbocycles. The molecular formula is C11H10FN. The summed E-state index contributed by atoms with van der Waals surface area (Å²) in [6, 6.07) is 6.27. The van der Waals surface area contributed by atoms with Crippen LogP contribution < -0.4 is 0 Å². The van der Waals surface area contributed by atoms with Crippen molar-refractivity contribution < 1.29 is 4.39 Å². The van der Waals surface area contributed by atoms with Gasteiger partial charge in [0.1, 0.15) is 5.82 Å². The Morgan fingerprint density at radius 2 is 2.00 bits per heavy atom. The summed E-state index contributed by atoms with van der Waals surface area (Å²) >= 11 is 0. The largest absolute Gasteiger partial charge is 0.317 e. The Hall–Kier alpha value is -1.62. The van der Waals surface area contributed by atoms with Gasteiger partial charge in [-0.3, -0.25) is 0 Å². The average Bonchev–Trinajstić information content (AvgIpc) is 2.15. The van der Waals surface area contributed by atoms with E-state index >= 15 is 0 Å². The fourth-order valence-electron chi connectivity index (χ4n) is 0.932. The number of rotatable bonds is 3. The van der Waals surface area contributed by atoms with Crippen molar-refractivity contribution in [1.29, 1.82) is 0 Å².